The monoisotopic (exact) mass is 627 g/mol. The molecule has 2 aliphatic rings. The number of hydrogen-bond acceptors (Lipinski definition) is 7. The summed E-state index contributed by atoms with van der Waals surface area (Å²) < 4.78 is 50.5. The first kappa shape index (κ1) is 31.9. The van der Waals surface area contributed by atoms with Crippen molar-refractivity contribution in [2.75, 3.05) is 18.0 Å². The minimum absolute atomic E-state index is 0.00412. The second-order valence-corrected chi connectivity index (χ2v) is 12.3. The molecule has 4 heterocycles. The maximum Gasteiger partial charge on any atom is 0.411 e. The number of rotatable bonds is 5. The molecule has 1 N–H and O–H groups in total. The fourth-order valence-electron chi connectivity index (χ4n) is 5.76. The highest BCUT2D eigenvalue weighted by Gasteiger charge is 2.42. The number of halogens is 3. The molecule has 1 saturated heterocycles. The SMILES string of the molecule is CC#CCn1c(N2CCCC(NC(=O)OC(C)(C)C)C2)nc2c1c(=O)n(CC1=NC(C(F)(F)F)Cc3ccccc31)c(=O)n2C. The van der Waals surface area contributed by atoms with Crippen LogP contribution in [0.3, 0.4) is 0 Å². The summed E-state index contributed by atoms with van der Waals surface area (Å²) >= 11 is 0. The van der Waals surface area contributed by atoms with Crippen LogP contribution in [-0.2, 0) is 31.3 Å². The van der Waals surface area contributed by atoms with Crippen LogP contribution in [0.2, 0.25) is 0 Å². The number of hydrogen-bond donors (Lipinski definition) is 1. The van der Waals surface area contributed by atoms with E-state index in [-0.39, 0.29) is 35.9 Å². The number of aromatic nitrogens is 4. The minimum atomic E-state index is -4.59. The van der Waals surface area contributed by atoms with Crippen LogP contribution in [0, 0.1) is 11.8 Å². The molecule has 2 unspecified atom stereocenters. The molecule has 0 aliphatic carbocycles. The van der Waals surface area contributed by atoms with Gasteiger partial charge >= 0.3 is 18.0 Å². The number of amides is 1. The number of imidazole rings is 1. The highest BCUT2D eigenvalue weighted by molar-refractivity contribution is 6.02. The zero-order chi connectivity index (χ0) is 32.7. The molecule has 2 atom stereocenters. The smallest absolute Gasteiger partial charge is 0.411 e. The Kier molecular flexibility index (Phi) is 8.57. The molecule has 3 aromatic rings. The van der Waals surface area contributed by atoms with Gasteiger partial charge in [-0.3, -0.25) is 23.5 Å². The Morgan fingerprint density at radius 1 is 1.16 bits per heavy atom. The number of nitrogens with zero attached hydrogens (tertiary/aromatic N) is 6. The topological polar surface area (TPSA) is 116 Å². The number of carbonyl (C=O) groups is 1. The maximum atomic E-state index is 14.1. The summed E-state index contributed by atoms with van der Waals surface area (Å²) in [4.78, 5) is 50.7. The quantitative estimate of drug-likeness (QED) is 0.434. The predicted molar refractivity (Wildman–Crippen MR) is 164 cm³/mol. The zero-order valence-electron chi connectivity index (χ0n) is 25.9. The van der Waals surface area contributed by atoms with Crippen molar-refractivity contribution in [1.82, 2.24) is 24.0 Å². The molecule has 240 valence electrons. The average Bonchev–Trinajstić information content (AvgIpc) is 3.35. The van der Waals surface area contributed by atoms with Crippen molar-refractivity contribution in [3.63, 3.8) is 0 Å². The number of alkyl carbamates (subject to hydrolysis) is 1. The normalized spacial score (nSPS) is 18.6. The molecule has 1 amide bonds. The minimum Gasteiger partial charge on any atom is -0.444 e. The molecule has 1 aromatic carbocycles. The second kappa shape index (κ2) is 12.1. The van der Waals surface area contributed by atoms with Crippen LogP contribution >= 0.6 is 0 Å². The van der Waals surface area contributed by atoms with Crippen LogP contribution in [0.5, 0.6) is 0 Å². The molecular formula is C31H36F3N7O4. The van der Waals surface area contributed by atoms with Gasteiger partial charge in [0, 0.05) is 38.2 Å². The van der Waals surface area contributed by atoms with Crippen molar-refractivity contribution >= 4 is 28.9 Å². The molecule has 2 aliphatic heterocycles. The molecule has 45 heavy (non-hydrogen) atoms. The standard InChI is InChI=1S/C31H36F3N7O4/c1-6-7-15-40-24-25(37-27(40)39-14-10-12-20(17-39)35-28(43)45-30(2,3)4)38(5)29(44)41(26(24)42)18-22-21-13-9-8-11-19(21)16-23(36-22)31(32,33)34/h8-9,11,13,20,23H,10,12,14-18H2,1-5H3,(H,35,43). The Bertz CT molecular complexity index is 1840. The predicted octanol–water partition coefficient (Wildman–Crippen LogP) is 3.39. The van der Waals surface area contributed by atoms with Gasteiger partial charge in [-0.2, -0.15) is 18.2 Å². The van der Waals surface area contributed by atoms with Crippen LogP contribution < -0.4 is 21.5 Å². The Morgan fingerprint density at radius 3 is 2.58 bits per heavy atom. The number of fused-ring (bicyclic) bond motifs is 2. The highest BCUT2D eigenvalue weighted by atomic mass is 19.4. The molecule has 1 fully saturated rings. The number of piperidine rings is 1. The number of ether oxygens (including phenoxy) is 1. The fourth-order valence-corrected chi connectivity index (χ4v) is 5.76. The van der Waals surface area contributed by atoms with Gasteiger partial charge in [-0.05, 0) is 46.1 Å². The third kappa shape index (κ3) is 6.62. The van der Waals surface area contributed by atoms with E-state index in [9.17, 15) is 27.6 Å². The van der Waals surface area contributed by atoms with Gasteiger partial charge in [0.15, 0.2) is 11.2 Å². The fraction of sp³-hybridized carbons (Fsp3) is 0.516. The molecule has 11 nitrogen and oxygen atoms in total. The van der Waals surface area contributed by atoms with Crippen LogP contribution in [0.25, 0.3) is 11.2 Å². The average molecular weight is 628 g/mol. The Hall–Kier alpha value is -4.54. The first-order valence-corrected chi connectivity index (χ1v) is 14.7. The number of nitrogens with one attached hydrogen (secondary N) is 1. The third-order valence-electron chi connectivity index (χ3n) is 7.79. The van der Waals surface area contributed by atoms with E-state index in [0.717, 1.165) is 4.57 Å². The Morgan fingerprint density at radius 2 is 1.89 bits per heavy atom. The molecule has 5 rings (SSSR count). The highest BCUT2D eigenvalue weighted by Crippen LogP contribution is 2.31. The summed E-state index contributed by atoms with van der Waals surface area (Å²) in [7, 11) is 1.46. The lowest BCUT2D eigenvalue weighted by atomic mass is 9.93. The van der Waals surface area contributed by atoms with E-state index in [1.165, 1.54) is 11.6 Å². The van der Waals surface area contributed by atoms with E-state index in [2.05, 4.69) is 22.2 Å². The number of anilines is 1. The molecule has 0 bridgehead atoms. The van der Waals surface area contributed by atoms with Gasteiger partial charge in [0.05, 0.1) is 18.8 Å². The first-order valence-electron chi connectivity index (χ1n) is 14.7. The second-order valence-electron chi connectivity index (χ2n) is 12.3. The number of aliphatic imine (C=N–C) groups is 1. The van der Waals surface area contributed by atoms with Crippen LogP contribution in [0.15, 0.2) is 38.8 Å². The van der Waals surface area contributed by atoms with E-state index in [1.807, 2.05) is 4.90 Å². The summed E-state index contributed by atoms with van der Waals surface area (Å²) in [6.07, 6.45) is -4.02. The molecule has 14 heteroatoms. The van der Waals surface area contributed by atoms with Gasteiger partial charge in [0.25, 0.3) is 5.56 Å². The maximum absolute atomic E-state index is 14.1. The van der Waals surface area contributed by atoms with Crippen molar-refractivity contribution in [3.05, 3.63) is 56.2 Å². The van der Waals surface area contributed by atoms with Gasteiger partial charge in [-0.1, -0.05) is 30.2 Å². The molecule has 0 spiro atoms. The van der Waals surface area contributed by atoms with Gasteiger partial charge in [0.2, 0.25) is 5.95 Å². The number of alkyl halides is 3. The molecule has 0 saturated carbocycles. The molecule has 2 aromatic heterocycles. The first-order chi connectivity index (χ1) is 21.2. The number of benzene rings is 1. The van der Waals surface area contributed by atoms with Gasteiger partial charge in [0.1, 0.15) is 11.6 Å². The van der Waals surface area contributed by atoms with Crippen LogP contribution in [0.4, 0.5) is 23.9 Å². The van der Waals surface area contributed by atoms with Crippen molar-refractivity contribution < 1.29 is 22.7 Å². The van der Waals surface area contributed by atoms with Crippen molar-refractivity contribution in [3.8, 4) is 11.8 Å². The summed E-state index contributed by atoms with van der Waals surface area (Å²) in [5, 5.41) is 2.90. The van der Waals surface area contributed by atoms with Gasteiger partial charge < -0.3 is 15.0 Å². The van der Waals surface area contributed by atoms with Crippen molar-refractivity contribution in [1.29, 1.82) is 0 Å². The van der Waals surface area contributed by atoms with E-state index >= 15 is 0 Å². The summed E-state index contributed by atoms with van der Waals surface area (Å²) in [5.74, 6) is 6.18. The summed E-state index contributed by atoms with van der Waals surface area (Å²) in [6.45, 7) is 7.57. The van der Waals surface area contributed by atoms with E-state index in [0.29, 0.717) is 43.0 Å². The van der Waals surface area contributed by atoms with E-state index < -0.39 is 41.7 Å². The van der Waals surface area contributed by atoms with Crippen LogP contribution in [0.1, 0.15) is 51.7 Å². The molecule has 0 radical (unpaired) electrons. The Labute approximate surface area is 257 Å². The number of carbonyl (C=O) groups excluding carboxylic acids is 1. The van der Waals surface area contributed by atoms with Crippen molar-refractivity contribution in [2.45, 2.75) is 83.9 Å². The van der Waals surface area contributed by atoms with E-state index in [4.69, 9.17) is 9.72 Å². The summed E-state index contributed by atoms with van der Waals surface area (Å²) in [5.41, 5.74) is -0.971. The number of aryl methyl sites for hydroxylation is 1. The Balaban J connectivity index is 1.57. The van der Waals surface area contributed by atoms with Gasteiger partial charge in [-0.25, -0.2) is 9.59 Å². The third-order valence-corrected chi connectivity index (χ3v) is 7.79. The lowest BCUT2D eigenvalue weighted by Gasteiger charge is -2.34. The largest absolute Gasteiger partial charge is 0.444 e. The zero-order valence-corrected chi connectivity index (χ0v) is 25.9. The van der Waals surface area contributed by atoms with Crippen LogP contribution in [-0.4, -0.2) is 67.4 Å². The lowest BCUT2D eigenvalue weighted by molar-refractivity contribution is -0.146. The summed E-state index contributed by atoms with van der Waals surface area (Å²) in [6, 6.07) is 4.33. The van der Waals surface area contributed by atoms with Crippen molar-refractivity contribution in [2.24, 2.45) is 12.0 Å². The van der Waals surface area contributed by atoms with Gasteiger partial charge in [-0.15, -0.1) is 5.92 Å². The van der Waals surface area contributed by atoms with E-state index in [1.54, 1.807) is 56.5 Å². The lowest BCUT2D eigenvalue weighted by Crippen LogP contribution is -2.49. The molecular weight excluding hydrogens is 591 g/mol.